The third-order valence-electron chi connectivity index (χ3n) is 3.15. The van der Waals surface area contributed by atoms with Crippen molar-refractivity contribution in [2.45, 2.75) is 6.92 Å². The number of fused-ring (bicyclic) bond motifs is 1. The Morgan fingerprint density at radius 2 is 2.00 bits per heavy atom. The summed E-state index contributed by atoms with van der Waals surface area (Å²) in [4.78, 5) is 24.2. The van der Waals surface area contributed by atoms with Gasteiger partial charge in [0.25, 0.3) is 0 Å². The first-order valence-corrected chi connectivity index (χ1v) is 7.66. The second-order valence-electron chi connectivity index (χ2n) is 4.54. The predicted octanol–water partition coefficient (Wildman–Crippen LogP) is 2.00. The van der Waals surface area contributed by atoms with Crippen LogP contribution in [-0.2, 0) is 4.74 Å². The number of hydrogen-bond donors (Lipinski definition) is 0. The van der Waals surface area contributed by atoms with Gasteiger partial charge < -0.3 is 9.47 Å². The Balaban J connectivity index is 2.21. The van der Waals surface area contributed by atoms with Gasteiger partial charge in [0.15, 0.2) is 5.82 Å². The molecule has 2 heterocycles. The van der Waals surface area contributed by atoms with Gasteiger partial charge in [-0.25, -0.2) is 4.79 Å². The van der Waals surface area contributed by atoms with Gasteiger partial charge in [-0.05, 0) is 31.2 Å². The van der Waals surface area contributed by atoms with Crippen molar-refractivity contribution in [2.24, 2.45) is 0 Å². The molecule has 0 unspecified atom stereocenters. The van der Waals surface area contributed by atoms with Crippen LogP contribution in [0.4, 0.5) is 0 Å². The molecule has 0 aliphatic rings. The summed E-state index contributed by atoms with van der Waals surface area (Å²) in [6.45, 7) is 1.92. The quantitative estimate of drug-likeness (QED) is 0.680. The fourth-order valence-corrected chi connectivity index (χ4v) is 2.84. The minimum absolute atomic E-state index is 0.112. The first-order valence-electron chi connectivity index (χ1n) is 6.85. The van der Waals surface area contributed by atoms with E-state index in [2.05, 4.69) is 10.2 Å². The average Bonchev–Trinajstić information content (AvgIpc) is 2.98. The minimum Gasteiger partial charge on any atom is -0.497 e. The number of methoxy groups -OCH3 is 1. The number of nitrogens with zero attached hydrogens (tertiary/aromatic N) is 3. The molecule has 0 aliphatic heterocycles. The normalized spacial score (nSPS) is 10.7. The Morgan fingerprint density at radius 3 is 2.65 bits per heavy atom. The molecule has 3 rings (SSSR count). The van der Waals surface area contributed by atoms with Crippen molar-refractivity contribution < 1.29 is 14.3 Å². The molecule has 0 N–H and O–H groups in total. The van der Waals surface area contributed by atoms with Gasteiger partial charge >= 0.3 is 5.97 Å². The second-order valence-corrected chi connectivity index (χ2v) is 5.51. The Bertz CT molecular complexity index is 915. The molecule has 3 aromatic rings. The van der Waals surface area contributed by atoms with E-state index in [9.17, 15) is 9.59 Å². The average molecular weight is 331 g/mol. The van der Waals surface area contributed by atoms with E-state index in [1.165, 1.54) is 10.5 Å². The lowest BCUT2D eigenvalue weighted by Crippen LogP contribution is -2.14. The highest BCUT2D eigenvalue weighted by atomic mass is 32.1. The number of rotatable bonds is 4. The van der Waals surface area contributed by atoms with Gasteiger partial charge in [0, 0.05) is 11.6 Å². The van der Waals surface area contributed by atoms with Gasteiger partial charge in [-0.2, -0.15) is 0 Å². The molecule has 8 heteroatoms. The summed E-state index contributed by atoms with van der Waals surface area (Å²) in [6, 6.07) is 8.42. The molecule has 0 bridgehead atoms. The van der Waals surface area contributed by atoms with Crippen LogP contribution in [0, 0.1) is 0 Å². The minimum atomic E-state index is -0.586. The molecule has 118 valence electrons. The fraction of sp³-hybridized carbons (Fsp3) is 0.200. The molecule has 0 aliphatic carbocycles. The molecule has 0 saturated heterocycles. The van der Waals surface area contributed by atoms with Gasteiger partial charge in [0.1, 0.15) is 11.4 Å². The van der Waals surface area contributed by atoms with Crippen molar-refractivity contribution in [3.8, 4) is 17.1 Å². The maximum absolute atomic E-state index is 12.1. The van der Waals surface area contributed by atoms with E-state index in [-0.39, 0.29) is 17.0 Å². The van der Waals surface area contributed by atoms with Crippen LogP contribution in [0.3, 0.4) is 0 Å². The molecule has 0 spiro atoms. The Hall–Kier alpha value is -2.74. The van der Waals surface area contributed by atoms with Gasteiger partial charge in [0.05, 0.1) is 13.7 Å². The molecule has 0 radical (unpaired) electrons. The van der Waals surface area contributed by atoms with Crippen LogP contribution in [0.2, 0.25) is 0 Å². The number of ether oxygens (including phenoxy) is 2. The molecule has 0 amide bonds. The molecular weight excluding hydrogens is 318 g/mol. The Labute approximate surface area is 135 Å². The lowest BCUT2D eigenvalue weighted by molar-refractivity contribution is 0.0518. The van der Waals surface area contributed by atoms with Crippen LogP contribution in [-0.4, -0.2) is 34.3 Å². The van der Waals surface area contributed by atoms with Crippen molar-refractivity contribution in [1.82, 2.24) is 14.6 Å². The van der Waals surface area contributed by atoms with E-state index in [0.29, 0.717) is 16.5 Å². The van der Waals surface area contributed by atoms with Crippen LogP contribution in [0.1, 0.15) is 17.4 Å². The smallest absolute Gasteiger partial charge is 0.355 e. The van der Waals surface area contributed by atoms with Gasteiger partial charge in [-0.1, -0.05) is 11.3 Å². The topological polar surface area (TPSA) is 82.8 Å². The first kappa shape index (κ1) is 15.2. The van der Waals surface area contributed by atoms with Crippen LogP contribution >= 0.6 is 11.3 Å². The highest BCUT2D eigenvalue weighted by molar-refractivity contribution is 7.14. The van der Waals surface area contributed by atoms with Crippen molar-refractivity contribution in [3.63, 3.8) is 0 Å². The molecule has 1 aromatic carbocycles. The molecular formula is C15H13N3O4S. The third-order valence-corrected chi connectivity index (χ3v) is 3.92. The Morgan fingerprint density at radius 1 is 1.26 bits per heavy atom. The number of aromatic nitrogens is 3. The fourth-order valence-electron chi connectivity index (χ4n) is 2.13. The monoisotopic (exact) mass is 331 g/mol. The molecule has 23 heavy (non-hydrogen) atoms. The third kappa shape index (κ3) is 2.80. The standard InChI is InChI=1S/C15H13N3O4S/c1-3-22-14(20)11-8-12(19)23-15-17-16-13(18(11)15)9-4-6-10(21-2)7-5-9/h4-8H,3H2,1-2H3. The van der Waals surface area contributed by atoms with Crippen molar-refractivity contribution >= 4 is 22.3 Å². The highest BCUT2D eigenvalue weighted by Gasteiger charge is 2.19. The van der Waals surface area contributed by atoms with Gasteiger partial charge in [0.2, 0.25) is 9.70 Å². The predicted molar refractivity (Wildman–Crippen MR) is 85.1 cm³/mol. The Kier molecular flexibility index (Phi) is 4.07. The van der Waals surface area contributed by atoms with Crippen LogP contribution in [0.25, 0.3) is 16.3 Å². The zero-order valence-corrected chi connectivity index (χ0v) is 13.3. The van der Waals surface area contributed by atoms with Crippen LogP contribution in [0.5, 0.6) is 5.75 Å². The summed E-state index contributed by atoms with van der Waals surface area (Å²) in [5, 5.41) is 8.10. The summed E-state index contributed by atoms with van der Waals surface area (Å²) in [6.07, 6.45) is 0. The number of esters is 1. The second kappa shape index (κ2) is 6.17. The maximum atomic E-state index is 12.1. The summed E-state index contributed by atoms with van der Waals surface area (Å²) in [5.74, 6) is 0.580. The summed E-state index contributed by atoms with van der Waals surface area (Å²) in [5.41, 5.74) is 0.858. The number of carbonyl (C=O) groups excluding carboxylic acids is 1. The number of hydrogen-bond acceptors (Lipinski definition) is 7. The van der Waals surface area contributed by atoms with E-state index >= 15 is 0 Å². The molecule has 7 nitrogen and oxygen atoms in total. The van der Waals surface area contributed by atoms with E-state index < -0.39 is 5.97 Å². The lowest BCUT2D eigenvalue weighted by atomic mass is 10.2. The molecule has 0 saturated carbocycles. The zero-order chi connectivity index (χ0) is 16.4. The summed E-state index contributed by atoms with van der Waals surface area (Å²) < 4.78 is 11.4. The zero-order valence-electron chi connectivity index (χ0n) is 12.5. The molecule has 0 fully saturated rings. The SMILES string of the molecule is CCOC(=O)c1cc(=O)sc2nnc(-c3ccc(OC)cc3)n12. The first-order chi connectivity index (χ1) is 11.1. The largest absolute Gasteiger partial charge is 0.497 e. The van der Waals surface area contributed by atoms with Crippen molar-refractivity contribution in [1.29, 1.82) is 0 Å². The molecule has 0 atom stereocenters. The van der Waals surface area contributed by atoms with Gasteiger partial charge in [-0.3, -0.25) is 9.20 Å². The number of carbonyl (C=O) groups is 1. The van der Waals surface area contributed by atoms with E-state index in [1.807, 2.05) is 0 Å². The van der Waals surface area contributed by atoms with Gasteiger partial charge in [-0.15, -0.1) is 10.2 Å². The molecule has 2 aromatic heterocycles. The number of benzene rings is 1. The van der Waals surface area contributed by atoms with Crippen LogP contribution < -0.4 is 9.48 Å². The van der Waals surface area contributed by atoms with Crippen molar-refractivity contribution in [2.75, 3.05) is 13.7 Å². The highest BCUT2D eigenvalue weighted by Crippen LogP contribution is 2.23. The van der Waals surface area contributed by atoms with E-state index in [1.54, 1.807) is 38.3 Å². The lowest BCUT2D eigenvalue weighted by Gasteiger charge is -2.07. The summed E-state index contributed by atoms with van der Waals surface area (Å²) in [7, 11) is 1.58. The van der Waals surface area contributed by atoms with Crippen molar-refractivity contribution in [3.05, 3.63) is 45.6 Å². The summed E-state index contributed by atoms with van der Waals surface area (Å²) >= 11 is 0.916. The van der Waals surface area contributed by atoms with E-state index in [4.69, 9.17) is 9.47 Å². The van der Waals surface area contributed by atoms with E-state index in [0.717, 1.165) is 16.9 Å². The maximum Gasteiger partial charge on any atom is 0.355 e. The van der Waals surface area contributed by atoms with Crippen LogP contribution in [0.15, 0.2) is 35.1 Å².